The number of allylic oxidation sites excluding steroid dienone is 2. The standard InChI is InChI=1S/C26H18O2/c1-16-5-4-7-22-21-12-9-17(11-14-24(21)28-26(16)22)18-10-13-20-19-6-2-3-8-23(19)27-25(20)15-18/h2-15,17H,1H3/t17-/m0/s1. The van der Waals surface area contributed by atoms with Crippen molar-refractivity contribution in [2.45, 2.75) is 12.8 Å². The van der Waals surface area contributed by atoms with Crippen LogP contribution in [-0.4, -0.2) is 0 Å². The van der Waals surface area contributed by atoms with Gasteiger partial charge in [0.2, 0.25) is 0 Å². The van der Waals surface area contributed by atoms with E-state index in [1.54, 1.807) is 0 Å². The Morgan fingerprint density at radius 2 is 1.54 bits per heavy atom. The Labute approximate surface area is 162 Å². The molecule has 2 heteroatoms. The van der Waals surface area contributed by atoms with Crippen molar-refractivity contribution in [3.05, 3.63) is 95.3 Å². The summed E-state index contributed by atoms with van der Waals surface area (Å²) in [5.74, 6) is 1.10. The molecule has 1 aliphatic carbocycles. The van der Waals surface area contributed by atoms with E-state index in [4.69, 9.17) is 8.83 Å². The van der Waals surface area contributed by atoms with E-state index < -0.39 is 0 Å². The zero-order valence-electron chi connectivity index (χ0n) is 15.5. The maximum Gasteiger partial charge on any atom is 0.138 e. The molecule has 0 amide bonds. The fourth-order valence-corrected chi connectivity index (χ4v) is 4.22. The van der Waals surface area contributed by atoms with Crippen molar-refractivity contribution in [2.75, 3.05) is 0 Å². The first-order valence-electron chi connectivity index (χ1n) is 9.58. The summed E-state index contributed by atoms with van der Waals surface area (Å²) >= 11 is 0. The molecule has 0 spiro atoms. The second kappa shape index (κ2) is 5.74. The summed E-state index contributed by atoms with van der Waals surface area (Å²) in [6, 6.07) is 21.0. The van der Waals surface area contributed by atoms with Crippen LogP contribution in [0.5, 0.6) is 0 Å². The predicted molar refractivity (Wildman–Crippen MR) is 115 cm³/mol. The van der Waals surface area contributed by atoms with Gasteiger partial charge in [0.25, 0.3) is 0 Å². The lowest BCUT2D eigenvalue weighted by molar-refractivity contribution is 0.601. The van der Waals surface area contributed by atoms with Crippen LogP contribution in [0.3, 0.4) is 0 Å². The Hall–Kier alpha value is -3.52. The molecule has 5 aromatic rings. The van der Waals surface area contributed by atoms with E-state index in [0.717, 1.165) is 38.8 Å². The van der Waals surface area contributed by atoms with Crippen molar-refractivity contribution >= 4 is 45.1 Å². The molecule has 0 aliphatic heterocycles. The molecule has 0 fully saturated rings. The quantitative estimate of drug-likeness (QED) is 0.309. The zero-order valence-corrected chi connectivity index (χ0v) is 15.5. The largest absolute Gasteiger partial charge is 0.456 e. The highest BCUT2D eigenvalue weighted by Crippen LogP contribution is 2.36. The van der Waals surface area contributed by atoms with Crippen molar-refractivity contribution in [1.82, 2.24) is 0 Å². The molecule has 6 rings (SSSR count). The van der Waals surface area contributed by atoms with Crippen molar-refractivity contribution in [3.63, 3.8) is 0 Å². The minimum absolute atomic E-state index is 0.181. The van der Waals surface area contributed by atoms with Gasteiger partial charge >= 0.3 is 0 Å². The van der Waals surface area contributed by atoms with E-state index in [2.05, 4.69) is 79.8 Å². The van der Waals surface area contributed by atoms with Gasteiger partial charge in [0.15, 0.2) is 0 Å². The van der Waals surface area contributed by atoms with Crippen LogP contribution in [0.15, 0.2) is 81.7 Å². The van der Waals surface area contributed by atoms with Crippen LogP contribution in [0.2, 0.25) is 0 Å². The van der Waals surface area contributed by atoms with Gasteiger partial charge in [-0.05, 0) is 36.3 Å². The fourth-order valence-electron chi connectivity index (χ4n) is 4.22. The Kier molecular flexibility index (Phi) is 3.18. The Bertz CT molecular complexity index is 1430. The molecule has 0 unspecified atom stereocenters. The van der Waals surface area contributed by atoms with E-state index >= 15 is 0 Å². The van der Waals surface area contributed by atoms with Crippen LogP contribution in [0.1, 0.15) is 28.4 Å². The zero-order chi connectivity index (χ0) is 18.7. The molecule has 2 aromatic heterocycles. The lowest BCUT2D eigenvalue weighted by atomic mass is 9.97. The third-order valence-electron chi connectivity index (χ3n) is 5.69. The van der Waals surface area contributed by atoms with Crippen molar-refractivity contribution in [3.8, 4) is 0 Å². The van der Waals surface area contributed by atoms with Crippen LogP contribution in [0, 0.1) is 6.92 Å². The molecule has 0 saturated carbocycles. The second-order valence-corrected chi connectivity index (χ2v) is 7.43. The molecule has 0 saturated heterocycles. The smallest absolute Gasteiger partial charge is 0.138 e. The number of para-hydroxylation sites is 2. The number of hydrogen-bond acceptors (Lipinski definition) is 2. The molecule has 0 N–H and O–H groups in total. The van der Waals surface area contributed by atoms with Crippen molar-refractivity contribution in [1.29, 1.82) is 0 Å². The maximum absolute atomic E-state index is 6.14. The van der Waals surface area contributed by atoms with Gasteiger partial charge in [-0.25, -0.2) is 0 Å². The minimum atomic E-state index is 0.181. The monoisotopic (exact) mass is 362 g/mol. The molecular weight excluding hydrogens is 344 g/mol. The molecule has 1 aliphatic rings. The Morgan fingerprint density at radius 3 is 2.50 bits per heavy atom. The molecular formula is C26H18O2. The van der Waals surface area contributed by atoms with E-state index in [-0.39, 0.29) is 5.92 Å². The topological polar surface area (TPSA) is 26.3 Å². The maximum atomic E-state index is 6.14. The number of rotatable bonds is 1. The summed E-state index contributed by atoms with van der Waals surface area (Å²) in [6.45, 7) is 2.09. The van der Waals surface area contributed by atoms with E-state index in [1.807, 2.05) is 12.1 Å². The van der Waals surface area contributed by atoms with Gasteiger partial charge in [-0.1, -0.05) is 66.8 Å². The van der Waals surface area contributed by atoms with Gasteiger partial charge < -0.3 is 8.83 Å². The van der Waals surface area contributed by atoms with E-state index in [9.17, 15) is 0 Å². The summed E-state index contributed by atoms with van der Waals surface area (Å²) in [5.41, 5.74) is 6.38. The van der Waals surface area contributed by atoms with E-state index in [1.165, 1.54) is 16.5 Å². The van der Waals surface area contributed by atoms with Crippen LogP contribution in [-0.2, 0) is 0 Å². The van der Waals surface area contributed by atoms with Gasteiger partial charge in [0, 0.05) is 27.6 Å². The summed E-state index contributed by atoms with van der Waals surface area (Å²) in [4.78, 5) is 0. The average Bonchev–Trinajstić information content (AvgIpc) is 3.19. The average molecular weight is 362 g/mol. The van der Waals surface area contributed by atoms with Gasteiger partial charge in [0.1, 0.15) is 22.5 Å². The SMILES string of the molecule is Cc1cccc2c3c(oc12)C=C[C@@H](c1ccc2c(c1)oc1ccccc12)C=C3. The molecule has 0 bridgehead atoms. The summed E-state index contributed by atoms with van der Waals surface area (Å²) in [5, 5.41) is 3.50. The summed E-state index contributed by atoms with van der Waals surface area (Å²) in [7, 11) is 0. The van der Waals surface area contributed by atoms with Crippen LogP contribution < -0.4 is 0 Å². The number of furan rings is 2. The first-order valence-corrected chi connectivity index (χ1v) is 9.58. The van der Waals surface area contributed by atoms with Crippen LogP contribution >= 0.6 is 0 Å². The summed E-state index contributed by atoms with van der Waals surface area (Å²) in [6.07, 6.45) is 8.73. The molecule has 28 heavy (non-hydrogen) atoms. The van der Waals surface area contributed by atoms with E-state index in [0.29, 0.717) is 0 Å². The normalized spacial score (nSPS) is 16.1. The molecule has 2 heterocycles. The number of fused-ring (bicyclic) bond motifs is 6. The van der Waals surface area contributed by atoms with Crippen molar-refractivity contribution < 1.29 is 8.83 Å². The molecule has 3 aromatic carbocycles. The highest BCUT2D eigenvalue weighted by Gasteiger charge is 2.16. The Balaban J connectivity index is 1.45. The van der Waals surface area contributed by atoms with Crippen LogP contribution in [0.25, 0.3) is 45.1 Å². The third-order valence-corrected chi connectivity index (χ3v) is 5.69. The highest BCUT2D eigenvalue weighted by atomic mass is 16.3. The van der Waals surface area contributed by atoms with Crippen LogP contribution in [0.4, 0.5) is 0 Å². The first kappa shape index (κ1) is 15.5. The number of benzene rings is 3. The number of aryl methyl sites for hydroxylation is 1. The molecule has 134 valence electrons. The fraction of sp³-hybridized carbons (Fsp3) is 0.0769. The predicted octanol–water partition coefficient (Wildman–Crippen LogP) is 7.46. The highest BCUT2D eigenvalue weighted by molar-refractivity contribution is 6.05. The lowest BCUT2D eigenvalue weighted by Gasteiger charge is -2.07. The van der Waals surface area contributed by atoms with Crippen molar-refractivity contribution in [2.24, 2.45) is 0 Å². The van der Waals surface area contributed by atoms with Gasteiger partial charge in [-0.2, -0.15) is 0 Å². The van der Waals surface area contributed by atoms with Gasteiger partial charge in [0.05, 0.1) is 0 Å². The second-order valence-electron chi connectivity index (χ2n) is 7.43. The summed E-state index contributed by atoms with van der Waals surface area (Å²) < 4.78 is 12.2. The lowest BCUT2D eigenvalue weighted by Crippen LogP contribution is -1.89. The molecule has 1 atom stereocenters. The van der Waals surface area contributed by atoms with Gasteiger partial charge in [-0.3, -0.25) is 0 Å². The molecule has 2 nitrogen and oxygen atoms in total. The minimum Gasteiger partial charge on any atom is -0.456 e. The third kappa shape index (κ3) is 2.21. The van der Waals surface area contributed by atoms with Gasteiger partial charge in [-0.15, -0.1) is 0 Å². The first-order chi connectivity index (χ1) is 13.8. The Morgan fingerprint density at radius 1 is 0.714 bits per heavy atom. The number of hydrogen-bond donors (Lipinski definition) is 0. The molecule has 0 radical (unpaired) electrons.